The van der Waals surface area contributed by atoms with Crippen molar-refractivity contribution in [3.05, 3.63) is 17.2 Å². The molecular formula is C14H21N3O. The molecule has 1 atom stereocenters. The Morgan fingerprint density at radius 1 is 1.44 bits per heavy atom. The molecule has 0 bridgehead atoms. The minimum atomic E-state index is 0.149. The van der Waals surface area contributed by atoms with Gasteiger partial charge in [0.05, 0.1) is 17.8 Å². The van der Waals surface area contributed by atoms with Crippen LogP contribution in [0.2, 0.25) is 0 Å². The van der Waals surface area contributed by atoms with Gasteiger partial charge in [-0.15, -0.1) is 0 Å². The van der Waals surface area contributed by atoms with Crippen LogP contribution in [-0.2, 0) is 23.2 Å². The molecule has 0 spiro atoms. The first kappa shape index (κ1) is 11.0. The second kappa shape index (κ2) is 3.81. The Hall–Kier alpha value is -0.870. The van der Waals surface area contributed by atoms with Crippen LogP contribution in [0.1, 0.15) is 49.3 Å². The minimum Gasteiger partial charge on any atom is -0.379 e. The van der Waals surface area contributed by atoms with E-state index in [0.29, 0.717) is 5.92 Å². The zero-order chi connectivity index (χ0) is 12.2. The third-order valence-corrected chi connectivity index (χ3v) is 4.59. The number of fused-ring (bicyclic) bond motifs is 1. The molecule has 3 aliphatic rings. The number of ether oxygens (including phenoxy) is 1. The summed E-state index contributed by atoms with van der Waals surface area (Å²) in [5, 5.41) is 3.44. The Morgan fingerprint density at radius 3 is 3.06 bits per heavy atom. The molecule has 18 heavy (non-hydrogen) atoms. The number of hydrogen-bond acceptors (Lipinski definition) is 3. The van der Waals surface area contributed by atoms with Crippen LogP contribution in [0, 0.1) is 0 Å². The number of rotatable bonds is 2. The van der Waals surface area contributed by atoms with Crippen molar-refractivity contribution in [2.24, 2.45) is 0 Å². The van der Waals surface area contributed by atoms with E-state index >= 15 is 0 Å². The molecule has 2 aliphatic heterocycles. The summed E-state index contributed by atoms with van der Waals surface area (Å²) in [6.45, 7) is 6.11. The van der Waals surface area contributed by atoms with Crippen LogP contribution < -0.4 is 5.32 Å². The maximum absolute atomic E-state index is 5.67. The fraction of sp³-hybridized carbons (Fsp3) is 0.786. The Kier molecular flexibility index (Phi) is 2.33. The van der Waals surface area contributed by atoms with E-state index in [4.69, 9.17) is 9.72 Å². The third kappa shape index (κ3) is 1.55. The molecule has 3 heterocycles. The van der Waals surface area contributed by atoms with Crippen molar-refractivity contribution >= 4 is 0 Å². The van der Waals surface area contributed by atoms with Gasteiger partial charge < -0.3 is 14.6 Å². The van der Waals surface area contributed by atoms with Gasteiger partial charge in [-0.2, -0.15) is 0 Å². The third-order valence-electron chi connectivity index (χ3n) is 4.59. The van der Waals surface area contributed by atoms with Crippen molar-refractivity contribution in [1.29, 1.82) is 0 Å². The topological polar surface area (TPSA) is 39.1 Å². The van der Waals surface area contributed by atoms with E-state index in [-0.39, 0.29) is 5.54 Å². The molecule has 98 valence electrons. The van der Waals surface area contributed by atoms with Gasteiger partial charge in [0.25, 0.3) is 0 Å². The first-order chi connectivity index (χ1) is 8.78. The minimum absolute atomic E-state index is 0.149. The van der Waals surface area contributed by atoms with E-state index in [0.717, 1.165) is 39.1 Å². The lowest BCUT2D eigenvalue weighted by molar-refractivity contribution is 0.158. The van der Waals surface area contributed by atoms with E-state index in [2.05, 4.69) is 16.8 Å². The molecule has 4 rings (SSSR count). The van der Waals surface area contributed by atoms with Crippen LogP contribution in [0.3, 0.4) is 0 Å². The fourth-order valence-corrected chi connectivity index (χ4v) is 3.38. The molecule has 4 nitrogen and oxygen atoms in total. The lowest BCUT2D eigenvalue weighted by atomic mass is 9.99. The molecular weight excluding hydrogens is 226 g/mol. The lowest BCUT2D eigenvalue weighted by Crippen LogP contribution is -2.35. The molecule has 1 saturated carbocycles. The van der Waals surface area contributed by atoms with Crippen molar-refractivity contribution in [3.63, 3.8) is 0 Å². The molecule has 1 aromatic rings. The summed E-state index contributed by atoms with van der Waals surface area (Å²) in [5.74, 6) is 2.06. The monoisotopic (exact) mass is 247 g/mol. The molecule has 1 aliphatic carbocycles. The smallest absolute Gasteiger partial charge is 0.112 e. The fourth-order valence-electron chi connectivity index (χ4n) is 3.38. The second-order valence-electron chi connectivity index (χ2n) is 6.20. The molecule has 1 aromatic heterocycles. The highest BCUT2D eigenvalue weighted by Gasteiger charge is 2.40. The van der Waals surface area contributed by atoms with Crippen molar-refractivity contribution in [3.8, 4) is 0 Å². The molecule has 4 heteroatoms. The summed E-state index contributed by atoms with van der Waals surface area (Å²) in [5.41, 5.74) is 2.91. The van der Waals surface area contributed by atoms with Crippen molar-refractivity contribution in [2.75, 3.05) is 19.8 Å². The standard InChI is InChI=1S/C14H21N3O/c1-14(5-7-18-9-14)17-12-4-6-15-8-11(12)16-13(17)10-2-3-10/h10,15H,2-9H2,1H3. The summed E-state index contributed by atoms with van der Waals surface area (Å²) in [6.07, 6.45) is 4.88. The lowest BCUT2D eigenvalue weighted by Gasteiger charge is -2.30. The van der Waals surface area contributed by atoms with E-state index in [1.165, 1.54) is 30.1 Å². The Morgan fingerprint density at radius 2 is 2.33 bits per heavy atom. The first-order valence-corrected chi connectivity index (χ1v) is 7.17. The maximum atomic E-state index is 5.67. The Labute approximate surface area is 108 Å². The molecule has 1 saturated heterocycles. The van der Waals surface area contributed by atoms with Crippen molar-refractivity contribution in [1.82, 2.24) is 14.9 Å². The largest absolute Gasteiger partial charge is 0.379 e. The zero-order valence-electron chi connectivity index (χ0n) is 11.0. The highest BCUT2D eigenvalue weighted by Crippen LogP contribution is 2.44. The highest BCUT2D eigenvalue weighted by atomic mass is 16.5. The van der Waals surface area contributed by atoms with Crippen molar-refractivity contribution < 1.29 is 4.74 Å². The van der Waals surface area contributed by atoms with Crippen LogP contribution in [-0.4, -0.2) is 29.3 Å². The molecule has 1 N–H and O–H groups in total. The van der Waals surface area contributed by atoms with E-state index in [9.17, 15) is 0 Å². The van der Waals surface area contributed by atoms with Gasteiger partial charge in [0.15, 0.2) is 0 Å². The average Bonchev–Trinajstić information content (AvgIpc) is 3.01. The van der Waals surface area contributed by atoms with E-state index in [1.54, 1.807) is 0 Å². The summed E-state index contributed by atoms with van der Waals surface area (Å²) in [6, 6.07) is 0. The molecule has 1 unspecified atom stereocenters. The quantitative estimate of drug-likeness (QED) is 0.861. The van der Waals surface area contributed by atoms with Crippen LogP contribution in [0.4, 0.5) is 0 Å². The Bertz CT molecular complexity index is 470. The number of imidazole rings is 1. The van der Waals surface area contributed by atoms with Gasteiger partial charge in [-0.3, -0.25) is 0 Å². The van der Waals surface area contributed by atoms with Crippen molar-refractivity contribution in [2.45, 2.75) is 50.6 Å². The van der Waals surface area contributed by atoms with Crippen LogP contribution in [0.25, 0.3) is 0 Å². The maximum Gasteiger partial charge on any atom is 0.112 e. The van der Waals surface area contributed by atoms with Gasteiger partial charge in [0.2, 0.25) is 0 Å². The average molecular weight is 247 g/mol. The van der Waals surface area contributed by atoms with Crippen LogP contribution in [0.15, 0.2) is 0 Å². The van der Waals surface area contributed by atoms with Gasteiger partial charge in [0.1, 0.15) is 5.82 Å². The van der Waals surface area contributed by atoms with E-state index in [1.807, 2.05) is 0 Å². The molecule has 0 amide bonds. The van der Waals surface area contributed by atoms with Gasteiger partial charge in [-0.1, -0.05) is 0 Å². The van der Waals surface area contributed by atoms with Gasteiger partial charge in [-0.25, -0.2) is 4.98 Å². The Balaban J connectivity index is 1.85. The predicted octanol–water partition coefficient (Wildman–Crippen LogP) is 1.54. The number of aromatic nitrogens is 2. The normalized spacial score (nSPS) is 31.6. The molecule has 0 aromatic carbocycles. The molecule has 2 fully saturated rings. The van der Waals surface area contributed by atoms with Crippen LogP contribution in [0.5, 0.6) is 0 Å². The second-order valence-corrected chi connectivity index (χ2v) is 6.20. The number of nitrogens with zero attached hydrogens (tertiary/aromatic N) is 2. The summed E-state index contributed by atoms with van der Waals surface area (Å²) in [7, 11) is 0. The molecule has 0 radical (unpaired) electrons. The zero-order valence-corrected chi connectivity index (χ0v) is 11.0. The number of nitrogens with one attached hydrogen (secondary N) is 1. The summed E-state index contributed by atoms with van der Waals surface area (Å²) < 4.78 is 8.23. The predicted molar refractivity (Wildman–Crippen MR) is 68.7 cm³/mol. The van der Waals surface area contributed by atoms with Crippen LogP contribution >= 0.6 is 0 Å². The van der Waals surface area contributed by atoms with Gasteiger partial charge >= 0.3 is 0 Å². The summed E-state index contributed by atoms with van der Waals surface area (Å²) >= 11 is 0. The SMILES string of the molecule is CC1(n2c(C3CC3)nc3c2CCNC3)CCOC1. The highest BCUT2D eigenvalue weighted by molar-refractivity contribution is 5.26. The van der Waals surface area contributed by atoms with E-state index < -0.39 is 0 Å². The summed E-state index contributed by atoms with van der Waals surface area (Å²) in [4.78, 5) is 4.95. The van der Waals surface area contributed by atoms with Gasteiger partial charge in [-0.05, 0) is 26.2 Å². The number of hydrogen-bond donors (Lipinski definition) is 1. The van der Waals surface area contributed by atoms with Gasteiger partial charge in [0, 0.05) is 37.7 Å². The first-order valence-electron chi connectivity index (χ1n) is 7.17.